The second-order valence-electron chi connectivity index (χ2n) is 4.83. The largest absolute Gasteiger partial charge is 0.335 e. The minimum atomic E-state index is -0.640. The van der Waals surface area contributed by atoms with Crippen molar-refractivity contribution >= 4 is 12.2 Å². The first-order valence-corrected chi connectivity index (χ1v) is 6.59. The number of nitrogens with one attached hydrogen (secondary N) is 2. The van der Waals surface area contributed by atoms with Gasteiger partial charge >= 0.3 is 0 Å². The SMILES string of the molecule is CC(C)c1c(Cc2c(F)cccc2F)[nH]c(=S)[nH]c1=O. The summed E-state index contributed by atoms with van der Waals surface area (Å²) in [5.41, 5.74) is 0.500. The Morgan fingerprint density at radius 1 is 1.20 bits per heavy atom. The third-order valence-electron chi connectivity index (χ3n) is 3.05. The lowest BCUT2D eigenvalue weighted by atomic mass is 9.98. The number of hydrogen-bond donors (Lipinski definition) is 2. The van der Waals surface area contributed by atoms with Crippen LogP contribution < -0.4 is 5.56 Å². The van der Waals surface area contributed by atoms with Crippen molar-refractivity contribution in [3.05, 3.63) is 61.8 Å². The van der Waals surface area contributed by atoms with Crippen molar-refractivity contribution in [3.63, 3.8) is 0 Å². The highest BCUT2D eigenvalue weighted by molar-refractivity contribution is 7.71. The quantitative estimate of drug-likeness (QED) is 0.853. The van der Waals surface area contributed by atoms with Gasteiger partial charge in [-0.1, -0.05) is 19.9 Å². The summed E-state index contributed by atoms with van der Waals surface area (Å²) in [6, 6.07) is 3.68. The van der Waals surface area contributed by atoms with Crippen LogP contribution in [0.1, 0.15) is 36.6 Å². The molecule has 1 aromatic heterocycles. The second-order valence-corrected chi connectivity index (χ2v) is 5.24. The van der Waals surface area contributed by atoms with Gasteiger partial charge in [0.1, 0.15) is 11.6 Å². The molecule has 0 saturated carbocycles. The fraction of sp³-hybridized carbons (Fsp3) is 0.286. The number of rotatable bonds is 3. The lowest BCUT2D eigenvalue weighted by Gasteiger charge is -2.12. The summed E-state index contributed by atoms with van der Waals surface area (Å²) in [7, 11) is 0. The van der Waals surface area contributed by atoms with E-state index in [4.69, 9.17) is 12.2 Å². The van der Waals surface area contributed by atoms with Crippen molar-refractivity contribution in [1.82, 2.24) is 9.97 Å². The van der Waals surface area contributed by atoms with E-state index in [1.165, 1.54) is 18.2 Å². The summed E-state index contributed by atoms with van der Waals surface area (Å²) in [6.07, 6.45) is -0.0421. The van der Waals surface area contributed by atoms with Crippen LogP contribution in [0.5, 0.6) is 0 Å². The van der Waals surface area contributed by atoms with E-state index in [0.29, 0.717) is 11.3 Å². The van der Waals surface area contributed by atoms with Gasteiger partial charge in [-0.25, -0.2) is 8.78 Å². The van der Waals surface area contributed by atoms with Gasteiger partial charge in [-0.2, -0.15) is 0 Å². The summed E-state index contributed by atoms with van der Waals surface area (Å²) in [5, 5.41) is 0. The number of H-pyrrole nitrogens is 2. The minimum Gasteiger partial charge on any atom is -0.335 e. The van der Waals surface area contributed by atoms with Crippen molar-refractivity contribution in [2.24, 2.45) is 0 Å². The van der Waals surface area contributed by atoms with Crippen LogP contribution in [0.15, 0.2) is 23.0 Å². The zero-order chi connectivity index (χ0) is 14.9. The first kappa shape index (κ1) is 14.6. The zero-order valence-corrected chi connectivity index (χ0v) is 11.9. The summed E-state index contributed by atoms with van der Waals surface area (Å²) < 4.78 is 27.6. The molecule has 0 atom stereocenters. The highest BCUT2D eigenvalue weighted by Crippen LogP contribution is 2.20. The summed E-state index contributed by atoms with van der Waals surface area (Å²) in [4.78, 5) is 17.3. The smallest absolute Gasteiger partial charge is 0.255 e. The third-order valence-corrected chi connectivity index (χ3v) is 3.26. The van der Waals surface area contributed by atoms with Gasteiger partial charge in [0, 0.05) is 23.2 Å². The maximum Gasteiger partial charge on any atom is 0.255 e. The van der Waals surface area contributed by atoms with E-state index in [-0.39, 0.29) is 28.2 Å². The van der Waals surface area contributed by atoms with Crippen LogP contribution in [0.2, 0.25) is 0 Å². The lowest BCUT2D eigenvalue weighted by Crippen LogP contribution is -2.19. The number of hydrogen-bond acceptors (Lipinski definition) is 2. The van der Waals surface area contributed by atoms with Crippen molar-refractivity contribution < 1.29 is 8.78 Å². The van der Waals surface area contributed by atoms with E-state index in [2.05, 4.69) is 9.97 Å². The second kappa shape index (κ2) is 5.66. The highest BCUT2D eigenvalue weighted by Gasteiger charge is 2.16. The van der Waals surface area contributed by atoms with Gasteiger partial charge in [0.25, 0.3) is 5.56 Å². The van der Waals surface area contributed by atoms with Gasteiger partial charge in [-0.3, -0.25) is 9.78 Å². The van der Waals surface area contributed by atoms with Gasteiger partial charge in [0.05, 0.1) is 0 Å². The highest BCUT2D eigenvalue weighted by atomic mass is 32.1. The van der Waals surface area contributed by atoms with Crippen LogP contribution in [-0.2, 0) is 6.42 Å². The van der Waals surface area contributed by atoms with E-state index in [0.717, 1.165) is 0 Å². The van der Waals surface area contributed by atoms with Crippen LogP contribution in [-0.4, -0.2) is 9.97 Å². The minimum absolute atomic E-state index is 0.0421. The Hall–Kier alpha value is -1.82. The molecule has 0 fully saturated rings. The topological polar surface area (TPSA) is 48.6 Å². The van der Waals surface area contributed by atoms with Crippen molar-refractivity contribution in [2.45, 2.75) is 26.2 Å². The van der Waals surface area contributed by atoms with E-state index < -0.39 is 11.6 Å². The molecule has 1 heterocycles. The number of aromatic amines is 2. The number of aromatic nitrogens is 2. The first-order chi connectivity index (χ1) is 9.40. The molecule has 0 radical (unpaired) electrons. The van der Waals surface area contributed by atoms with Gasteiger partial charge < -0.3 is 4.98 Å². The molecule has 0 aliphatic heterocycles. The van der Waals surface area contributed by atoms with E-state index in [9.17, 15) is 13.6 Å². The molecule has 0 saturated heterocycles. The molecule has 0 unspecified atom stereocenters. The molecule has 0 bridgehead atoms. The lowest BCUT2D eigenvalue weighted by molar-refractivity contribution is 0.559. The van der Waals surface area contributed by atoms with Crippen molar-refractivity contribution in [3.8, 4) is 0 Å². The predicted octanol–water partition coefficient (Wildman–Crippen LogP) is 3.42. The average Bonchev–Trinajstić information content (AvgIpc) is 2.32. The maximum atomic E-state index is 13.7. The van der Waals surface area contributed by atoms with Crippen LogP contribution in [0.4, 0.5) is 8.78 Å². The molecular formula is C14H14F2N2OS. The van der Waals surface area contributed by atoms with Crippen LogP contribution in [0.3, 0.4) is 0 Å². The van der Waals surface area contributed by atoms with E-state index in [1.54, 1.807) is 0 Å². The monoisotopic (exact) mass is 296 g/mol. The Kier molecular flexibility index (Phi) is 4.13. The van der Waals surface area contributed by atoms with Gasteiger partial charge in [-0.05, 0) is 30.3 Å². The molecule has 6 heteroatoms. The van der Waals surface area contributed by atoms with Crippen LogP contribution >= 0.6 is 12.2 Å². The van der Waals surface area contributed by atoms with Crippen LogP contribution in [0, 0.1) is 16.4 Å². The molecule has 3 nitrogen and oxygen atoms in total. The molecule has 0 aliphatic rings. The zero-order valence-electron chi connectivity index (χ0n) is 11.1. The first-order valence-electron chi connectivity index (χ1n) is 6.18. The van der Waals surface area contributed by atoms with E-state index in [1.807, 2.05) is 13.8 Å². The fourth-order valence-corrected chi connectivity index (χ4v) is 2.39. The van der Waals surface area contributed by atoms with Crippen LogP contribution in [0.25, 0.3) is 0 Å². The molecule has 20 heavy (non-hydrogen) atoms. The van der Waals surface area contributed by atoms with E-state index >= 15 is 0 Å². The van der Waals surface area contributed by atoms with Crippen molar-refractivity contribution in [1.29, 1.82) is 0 Å². The molecule has 2 N–H and O–H groups in total. The Balaban J connectivity index is 2.59. The fourth-order valence-electron chi connectivity index (χ4n) is 2.17. The summed E-state index contributed by atoms with van der Waals surface area (Å²) in [5.74, 6) is -1.37. The molecular weight excluding hydrogens is 282 g/mol. The Morgan fingerprint density at radius 3 is 2.35 bits per heavy atom. The standard InChI is InChI=1S/C14H14F2N2OS/c1-7(2)12-11(17-14(20)18-13(12)19)6-8-9(15)4-3-5-10(8)16/h3-5,7H,6H2,1-2H3,(H2,17,18,19,20). The molecule has 0 aliphatic carbocycles. The third kappa shape index (κ3) is 2.85. The summed E-state index contributed by atoms with van der Waals surface area (Å²) in [6.45, 7) is 3.67. The Labute approximate surface area is 119 Å². The normalized spacial score (nSPS) is 11.1. The molecule has 2 aromatic rings. The number of benzene rings is 1. The number of halogens is 2. The molecule has 0 spiro atoms. The Bertz CT molecular complexity index is 729. The molecule has 2 rings (SSSR count). The van der Waals surface area contributed by atoms with Gasteiger partial charge in [0.2, 0.25) is 0 Å². The maximum absolute atomic E-state index is 13.7. The van der Waals surface area contributed by atoms with Crippen molar-refractivity contribution in [2.75, 3.05) is 0 Å². The van der Waals surface area contributed by atoms with Gasteiger partial charge in [-0.15, -0.1) is 0 Å². The average molecular weight is 296 g/mol. The predicted molar refractivity (Wildman–Crippen MR) is 75.5 cm³/mol. The molecule has 106 valence electrons. The Morgan fingerprint density at radius 2 is 1.80 bits per heavy atom. The molecule has 1 aromatic carbocycles. The molecule has 0 amide bonds. The summed E-state index contributed by atoms with van der Waals surface area (Å²) >= 11 is 4.92. The van der Waals surface area contributed by atoms with Gasteiger partial charge in [0.15, 0.2) is 4.77 Å².